The molecule has 26 heavy (non-hydrogen) atoms. The number of benzene rings is 1. The van der Waals surface area contributed by atoms with Gasteiger partial charge in [0.1, 0.15) is 5.75 Å². The predicted molar refractivity (Wildman–Crippen MR) is 101 cm³/mol. The summed E-state index contributed by atoms with van der Waals surface area (Å²) in [5.74, 6) is 0.0391. The normalized spacial score (nSPS) is 11.5. The van der Waals surface area contributed by atoms with Gasteiger partial charge in [-0.3, -0.25) is 0 Å². The van der Waals surface area contributed by atoms with Gasteiger partial charge in [-0.15, -0.1) is 0 Å². The number of thioether (sulfide) groups is 1. The maximum absolute atomic E-state index is 12.4. The van der Waals surface area contributed by atoms with Gasteiger partial charge in [-0.2, -0.15) is 11.8 Å². The molecule has 6 nitrogen and oxygen atoms in total. The number of rotatable bonds is 7. The second-order valence-corrected chi connectivity index (χ2v) is 8.12. The number of carboxylic acid groups (broad SMARTS) is 1. The summed E-state index contributed by atoms with van der Waals surface area (Å²) in [5, 5.41) is 12.0. The quantitative estimate of drug-likeness (QED) is 0.689. The average molecular weight is 378 g/mol. The van der Waals surface area contributed by atoms with Crippen molar-refractivity contribution in [3.8, 4) is 5.75 Å². The zero-order chi connectivity index (χ0) is 19.3. The molecule has 0 amide bonds. The lowest BCUT2D eigenvalue weighted by atomic mass is 9.93. The van der Waals surface area contributed by atoms with E-state index in [1.54, 1.807) is 30.0 Å². The molecule has 1 aromatic heterocycles. The van der Waals surface area contributed by atoms with Crippen LogP contribution in [-0.2, 0) is 4.74 Å². The summed E-state index contributed by atoms with van der Waals surface area (Å²) in [7, 11) is 0. The Morgan fingerprint density at radius 3 is 2.54 bits per heavy atom. The maximum Gasteiger partial charge on any atom is 0.419 e. The van der Waals surface area contributed by atoms with Gasteiger partial charge in [0.2, 0.25) is 0 Å². The average Bonchev–Trinajstić information content (AvgIpc) is 2.93. The van der Waals surface area contributed by atoms with Crippen LogP contribution in [0.1, 0.15) is 37.7 Å². The molecule has 142 valence electrons. The minimum atomic E-state index is -1.43. The van der Waals surface area contributed by atoms with Gasteiger partial charge in [0.05, 0.1) is 30.4 Å². The minimum Gasteiger partial charge on any atom is -0.543 e. The number of carboxylic acids is 1. The largest absolute Gasteiger partial charge is 0.543 e. The summed E-state index contributed by atoms with van der Waals surface area (Å²) in [6.45, 7) is 6.88. The Morgan fingerprint density at radius 1 is 1.19 bits per heavy atom. The molecule has 0 spiro atoms. The standard InChI is InChI=1S/C19H25NO5S/c1-19(2,3)7-8-25-18(23)20-15-6-5-14(24-9-10-26-4)11-13(15)12-16(20)17(21)22/h5-6,11-12H,7-10H2,1-4H3,(H,21,22)/p-1. The van der Waals surface area contributed by atoms with E-state index < -0.39 is 12.1 Å². The van der Waals surface area contributed by atoms with Crippen molar-refractivity contribution in [3.05, 3.63) is 30.0 Å². The summed E-state index contributed by atoms with van der Waals surface area (Å²) >= 11 is 1.67. The number of nitrogens with zero attached hydrogens (tertiary/aromatic N) is 1. The molecule has 1 aromatic carbocycles. The SMILES string of the molecule is CSCCOc1ccc2c(c1)cc(C(=O)[O-])n2C(=O)OCCC(C)(C)C. The molecule has 0 unspecified atom stereocenters. The highest BCUT2D eigenvalue weighted by Gasteiger charge is 2.19. The van der Waals surface area contributed by atoms with Crippen molar-refractivity contribution in [2.75, 3.05) is 25.2 Å². The lowest BCUT2D eigenvalue weighted by molar-refractivity contribution is -0.255. The van der Waals surface area contributed by atoms with E-state index in [1.807, 2.05) is 27.0 Å². The van der Waals surface area contributed by atoms with Crippen molar-refractivity contribution in [1.82, 2.24) is 4.57 Å². The van der Waals surface area contributed by atoms with Crippen molar-refractivity contribution < 1.29 is 24.2 Å². The molecule has 0 bridgehead atoms. The molecule has 1 heterocycles. The molecule has 0 atom stereocenters. The van der Waals surface area contributed by atoms with Crippen LogP contribution in [0.3, 0.4) is 0 Å². The van der Waals surface area contributed by atoms with Crippen molar-refractivity contribution >= 4 is 34.7 Å². The number of aromatic nitrogens is 1. The van der Waals surface area contributed by atoms with Crippen molar-refractivity contribution in [2.24, 2.45) is 5.41 Å². The Bertz CT molecular complexity index is 791. The Kier molecular flexibility index (Phi) is 6.58. The van der Waals surface area contributed by atoms with Crippen molar-refractivity contribution in [1.29, 1.82) is 0 Å². The van der Waals surface area contributed by atoms with E-state index in [1.165, 1.54) is 6.07 Å². The molecule has 0 radical (unpaired) electrons. The van der Waals surface area contributed by atoms with Crippen LogP contribution in [0.15, 0.2) is 24.3 Å². The molecule has 0 N–H and O–H groups in total. The highest BCUT2D eigenvalue weighted by atomic mass is 32.2. The van der Waals surface area contributed by atoms with E-state index in [2.05, 4.69) is 0 Å². The highest BCUT2D eigenvalue weighted by Crippen LogP contribution is 2.25. The van der Waals surface area contributed by atoms with Gasteiger partial charge < -0.3 is 19.4 Å². The number of carbonyl (C=O) groups excluding carboxylic acids is 2. The monoisotopic (exact) mass is 378 g/mol. The topological polar surface area (TPSA) is 80.6 Å². The van der Waals surface area contributed by atoms with E-state index >= 15 is 0 Å². The molecule has 2 aromatic rings. The lowest BCUT2D eigenvalue weighted by Gasteiger charge is -2.18. The van der Waals surface area contributed by atoms with Gasteiger partial charge in [0, 0.05) is 11.1 Å². The predicted octanol–water partition coefficient (Wildman–Crippen LogP) is 3.17. The molecule has 2 rings (SSSR count). The summed E-state index contributed by atoms with van der Waals surface area (Å²) in [6.07, 6.45) is 1.94. The Morgan fingerprint density at radius 2 is 1.92 bits per heavy atom. The summed E-state index contributed by atoms with van der Waals surface area (Å²) in [5.41, 5.74) is 0.225. The second kappa shape index (κ2) is 8.49. The molecule has 0 aliphatic heterocycles. The van der Waals surface area contributed by atoms with Crippen LogP contribution in [0.4, 0.5) is 4.79 Å². The van der Waals surface area contributed by atoms with Crippen LogP contribution in [-0.4, -0.2) is 41.9 Å². The second-order valence-electron chi connectivity index (χ2n) is 7.14. The van der Waals surface area contributed by atoms with Crippen LogP contribution >= 0.6 is 11.8 Å². The van der Waals surface area contributed by atoms with Crippen LogP contribution in [0, 0.1) is 5.41 Å². The Balaban J connectivity index is 2.27. The summed E-state index contributed by atoms with van der Waals surface area (Å²) in [6, 6.07) is 6.47. The van der Waals surface area contributed by atoms with Gasteiger partial charge in [0.25, 0.3) is 0 Å². The molecule has 0 aliphatic rings. The molecule has 0 aliphatic carbocycles. The fourth-order valence-electron chi connectivity index (χ4n) is 2.38. The van der Waals surface area contributed by atoms with Crippen molar-refractivity contribution in [3.63, 3.8) is 0 Å². The van der Waals surface area contributed by atoms with Crippen LogP contribution in [0.25, 0.3) is 10.9 Å². The molecule has 0 fully saturated rings. The molecule has 0 saturated heterocycles. The first-order valence-electron chi connectivity index (χ1n) is 8.38. The van der Waals surface area contributed by atoms with E-state index in [9.17, 15) is 14.7 Å². The first-order valence-corrected chi connectivity index (χ1v) is 9.78. The van der Waals surface area contributed by atoms with E-state index in [-0.39, 0.29) is 17.7 Å². The number of fused-ring (bicyclic) bond motifs is 1. The van der Waals surface area contributed by atoms with Gasteiger partial charge in [-0.05, 0) is 42.4 Å². The van der Waals surface area contributed by atoms with Crippen LogP contribution < -0.4 is 9.84 Å². The number of hydrogen-bond donors (Lipinski definition) is 0. The Hall–Kier alpha value is -2.15. The third kappa shape index (κ3) is 5.17. The third-order valence-corrected chi connectivity index (χ3v) is 4.37. The lowest BCUT2D eigenvalue weighted by Crippen LogP contribution is -2.28. The fourth-order valence-corrected chi connectivity index (χ4v) is 2.63. The van der Waals surface area contributed by atoms with E-state index in [4.69, 9.17) is 9.47 Å². The van der Waals surface area contributed by atoms with E-state index in [0.29, 0.717) is 29.7 Å². The van der Waals surface area contributed by atoms with Crippen LogP contribution in [0.5, 0.6) is 5.75 Å². The van der Waals surface area contributed by atoms with Gasteiger partial charge in [-0.25, -0.2) is 9.36 Å². The maximum atomic E-state index is 12.4. The fraction of sp³-hybridized carbons (Fsp3) is 0.474. The minimum absolute atomic E-state index is 0.0131. The number of ether oxygens (including phenoxy) is 2. The number of hydrogen-bond acceptors (Lipinski definition) is 6. The first-order chi connectivity index (χ1) is 12.2. The third-order valence-electron chi connectivity index (χ3n) is 3.80. The number of aromatic carboxylic acids is 1. The summed E-state index contributed by atoms with van der Waals surface area (Å²) in [4.78, 5) is 23.9. The zero-order valence-electron chi connectivity index (χ0n) is 15.5. The van der Waals surface area contributed by atoms with Gasteiger partial charge in [0.15, 0.2) is 0 Å². The van der Waals surface area contributed by atoms with E-state index in [0.717, 1.165) is 10.3 Å². The smallest absolute Gasteiger partial charge is 0.419 e. The molecular weight excluding hydrogens is 354 g/mol. The Labute approximate surface area is 157 Å². The molecular formula is C19H24NO5S-. The molecule has 7 heteroatoms. The highest BCUT2D eigenvalue weighted by molar-refractivity contribution is 7.98. The van der Waals surface area contributed by atoms with Crippen molar-refractivity contribution in [2.45, 2.75) is 27.2 Å². The van der Waals surface area contributed by atoms with Gasteiger partial charge >= 0.3 is 6.09 Å². The van der Waals surface area contributed by atoms with Crippen LogP contribution in [0.2, 0.25) is 0 Å². The first kappa shape index (κ1) is 20.2. The number of carbonyl (C=O) groups is 2. The van der Waals surface area contributed by atoms with Gasteiger partial charge in [-0.1, -0.05) is 20.8 Å². The zero-order valence-corrected chi connectivity index (χ0v) is 16.4. The summed E-state index contributed by atoms with van der Waals surface area (Å²) < 4.78 is 11.9. The molecule has 0 saturated carbocycles.